The van der Waals surface area contributed by atoms with Crippen LogP contribution in [0, 0.1) is 0 Å². The third kappa shape index (κ3) is 18.6. The molecule has 0 amide bonds. The standard InChI is InChI=1S/2C18H15P.C8H12.F6P.Rh/c2*1-4-10-16(11-5-1)19(17-12-6-2-7-13-17)18-14-8-3-9-15-18;1-2-4-6-8-7-5-3-1;1-7(2,3,4,5)6;/h2*1-15H;1-2,7-8H,3-6H2;;/q;;;-1;. The smallest absolute Gasteiger partial charge is 0 e. The van der Waals surface area contributed by atoms with Gasteiger partial charge in [0.15, 0.2) is 0 Å². The molecule has 0 N–H and O–H groups in total. The van der Waals surface area contributed by atoms with Gasteiger partial charge in [-0.3, -0.25) is 0 Å². The topological polar surface area (TPSA) is 0 Å². The molecule has 7 rings (SSSR count). The van der Waals surface area contributed by atoms with E-state index < -0.39 is 23.7 Å². The third-order valence-electron chi connectivity index (χ3n) is 7.42. The van der Waals surface area contributed by atoms with Crippen molar-refractivity contribution in [3.05, 3.63) is 206 Å². The van der Waals surface area contributed by atoms with Gasteiger partial charge in [0, 0.05) is 19.5 Å². The summed E-state index contributed by atoms with van der Waals surface area (Å²) in [6.45, 7) is 0. The second-order valence-corrected chi connectivity index (χ2v) is 18.1. The summed E-state index contributed by atoms with van der Waals surface area (Å²) in [5, 5.41) is 8.39. The van der Waals surface area contributed by atoms with E-state index in [4.69, 9.17) is 0 Å². The normalized spacial score (nSPS) is 13.4. The van der Waals surface area contributed by atoms with E-state index in [1.807, 2.05) is 0 Å². The van der Waals surface area contributed by atoms with Crippen LogP contribution in [0.3, 0.4) is 0 Å². The molecule has 0 saturated carbocycles. The van der Waals surface area contributed by atoms with Crippen LogP contribution in [0.5, 0.6) is 0 Å². The molecule has 1 radical (unpaired) electrons. The molecule has 0 unspecified atom stereocenters. The van der Waals surface area contributed by atoms with E-state index in [0.29, 0.717) is 0 Å². The zero-order valence-corrected chi connectivity index (χ0v) is 33.7. The van der Waals surface area contributed by atoms with Gasteiger partial charge in [0.25, 0.3) is 0 Å². The summed E-state index contributed by atoms with van der Waals surface area (Å²) in [5.74, 6) is 0. The van der Waals surface area contributed by atoms with Crippen molar-refractivity contribution in [1.29, 1.82) is 0 Å². The van der Waals surface area contributed by atoms with Crippen LogP contribution in [-0.2, 0) is 19.5 Å². The summed E-state index contributed by atoms with van der Waals surface area (Å²) in [4.78, 5) is 0. The molecular formula is C44H42F6P3Rh-. The molecule has 0 spiro atoms. The van der Waals surface area contributed by atoms with Crippen molar-refractivity contribution in [3.8, 4) is 0 Å². The van der Waals surface area contributed by atoms with Gasteiger partial charge in [-0.25, -0.2) is 0 Å². The molecule has 54 heavy (non-hydrogen) atoms. The zero-order chi connectivity index (χ0) is 37.9. The predicted molar refractivity (Wildman–Crippen MR) is 221 cm³/mol. The second kappa shape index (κ2) is 21.4. The Kier molecular flexibility index (Phi) is 17.7. The summed E-state index contributed by atoms with van der Waals surface area (Å²) in [6, 6.07) is 64.7. The van der Waals surface area contributed by atoms with Crippen LogP contribution in [0.15, 0.2) is 206 Å². The van der Waals surface area contributed by atoms with Gasteiger partial charge in [0.05, 0.1) is 0 Å². The Morgan fingerprint density at radius 3 is 0.537 bits per heavy atom. The minimum atomic E-state index is -10.7. The maximum atomic E-state index is 9.87. The molecule has 0 atom stereocenters. The van der Waals surface area contributed by atoms with E-state index in [1.165, 1.54) is 57.5 Å². The van der Waals surface area contributed by atoms with Crippen molar-refractivity contribution in [1.82, 2.24) is 0 Å². The molecule has 0 saturated heterocycles. The van der Waals surface area contributed by atoms with E-state index in [9.17, 15) is 25.2 Å². The SMILES string of the molecule is C1=CCCC=CCC1.F[P-](F)(F)(F)(F)F.[Rh].c1ccc(P(c2ccccc2)c2ccccc2)cc1.c1ccc(P(c2ccccc2)c2ccccc2)cc1. The number of allylic oxidation sites excluding steroid dienone is 4. The first-order chi connectivity index (χ1) is 25.3. The van der Waals surface area contributed by atoms with Crippen LogP contribution in [0.25, 0.3) is 0 Å². The van der Waals surface area contributed by atoms with Gasteiger partial charge in [-0.2, -0.15) is 0 Å². The number of hydrogen-bond acceptors (Lipinski definition) is 0. The second-order valence-electron chi connectivity index (χ2n) is 11.7. The van der Waals surface area contributed by atoms with E-state index in [1.54, 1.807) is 0 Å². The predicted octanol–water partition coefficient (Wildman–Crippen LogP) is 12.9. The Morgan fingerprint density at radius 2 is 0.407 bits per heavy atom. The summed E-state index contributed by atoms with van der Waals surface area (Å²) < 4.78 is 59.2. The van der Waals surface area contributed by atoms with Crippen LogP contribution in [-0.4, -0.2) is 0 Å². The van der Waals surface area contributed by atoms with Gasteiger partial charge in [0.1, 0.15) is 0 Å². The number of benzene rings is 6. The van der Waals surface area contributed by atoms with E-state index in [0.717, 1.165) is 0 Å². The van der Waals surface area contributed by atoms with Gasteiger partial charge in [-0.05, 0) is 73.4 Å². The molecule has 0 aliphatic heterocycles. The molecule has 6 aromatic rings. The summed E-state index contributed by atoms with van der Waals surface area (Å²) in [6.07, 6.45) is 14.0. The van der Waals surface area contributed by atoms with Crippen molar-refractivity contribution in [3.63, 3.8) is 0 Å². The van der Waals surface area contributed by atoms with Crippen LogP contribution in [0.1, 0.15) is 25.7 Å². The van der Waals surface area contributed by atoms with Crippen LogP contribution < -0.4 is 31.8 Å². The number of rotatable bonds is 6. The Balaban J connectivity index is 0.000000210. The third-order valence-corrected chi connectivity index (χ3v) is 12.3. The van der Waals surface area contributed by atoms with Gasteiger partial charge in [-0.1, -0.05) is 206 Å². The molecule has 0 fully saturated rings. The fraction of sp³-hybridized carbons (Fsp3) is 0.0909. The van der Waals surface area contributed by atoms with Crippen molar-refractivity contribution >= 4 is 55.5 Å². The average molecular weight is 881 g/mol. The first kappa shape index (κ1) is 44.7. The summed E-state index contributed by atoms with van der Waals surface area (Å²) in [5.41, 5.74) is 0. The summed E-state index contributed by atoms with van der Waals surface area (Å²) in [7, 11) is -11.5. The van der Waals surface area contributed by atoms with Crippen LogP contribution in [0.2, 0.25) is 0 Å². The molecule has 0 heterocycles. The van der Waals surface area contributed by atoms with Crippen LogP contribution in [0.4, 0.5) is 25.2 Å². The van der Waals surface area contributed by atoms with Gasteiger partial charge < -0.3 is 0 Å². The first-order valence-corrected chi connectivity index (χ1v) is 21.8. The van der Waals surface area contributed by atoms with Gasteiger partial charge >= 0.3 is 33.0 Å². The molecular weight excluding hydrogens is 838 g/mol. The van der Waals surface area contributed by atoms with Gasteiger partial charge in [-0.15, -0.1) is 0 Å². The average Bonchev–Trinajstić information content (AvgIpc) is 3.14. The quantitative estimate of drug-likeness (QED) is 0.0677. The molecule has 285 valence electrons. The van der Waals surface area contributed by atoms with E-state index in [2.05, 4.69) is 206 Å². The molecule has 0 bridgehead atoms. The monoisotopic (exact) mass is 880 g/mol. The van der Waals surface area contributed by atoms with Crippen molar-refractivity contribution in [2.45, 2.75) is 25.7 Å². The fourth-order valence-electron chi connectivity index (χ4n) is 5.21. The Morgan fingerprint density at radius 1 is 0.278 bits per heavy atom. The Bertz CT molecular complexity index is 1610. The molecule has 6 aromatic carbocycles. The molecule has 1 aliphatic rings. The van der Waals surface area contributed by atoms with E-state index >= 15 is 0 Å². The molecule has 1 aliphatic carbocycles. The fourth-order valence-corrected chi connectivity index (χ4v) is 9.82. The molecule has 10 heteroatoms. The van der Waals surface area contributed by atoms with Crippen molar-refractivity contribution in [2.24, 2.45) is 0 Å². The zero-order valence-electron chi connectivity index (χ0n) is 29.4. The van der Waals surface area contributed by atoms with E-state index in [-0.39, 0.29) is 19.5 Å². The molecule has 0 nitrogen and oxygen atoms in total. The Labute approximate surface area is 330 Å². The maximum absolute atomic E-state index is 10.7. The van der Waals surface area contributed by atoms with Crippen molar-refractivity contribution in [2.75, 3.05) is 0 Å². The van der Waals surface area contributed by atoms with Crippen molar-refractivity contribution < 1.29 is 44.7 Å². The largest absolute Gasteiger partial charge is 0.0622 e. The van der Waals surface area contributed by atoms with Gasteiger partial charge in [0.2, 0.25) is 0 Å². The Hall–Kier alpha value is -3.71. The minimum absolute atomic E-state index is 0. The minimum Gasteiger partial charge on any atom is -0.0622 e. The summed E-state index contributed by atoms with van der Waals surface area (Å²) >= 11 is 0. The first-order valence-electron chi connectivity index (χ1n) is 17.1. The number of hydrogen-bond donors (Lipinski definition) is 0. The maximum Gasteiger partial charge on any atom is 0 e. The number of halogens is 6. The molecule has 0 aromatic heterocycles. The van der Waals surface area contributed by atoms with Crippen LogP contribution >= 0.6 is 23.7 Å².